The van der Waals surface area contributed by atoms with Crippen LogP contribution in [-0.4, -0.2) is 73.0 Å². The Labute approximate surface area is 106 Å². The second-order valence-corrected chi connectivity index (χ2v) is 6.13. The van der Waals surface area contributed by atoms with E-state index in [0.717, 1.165) is 32.6 Å². The van der Waals surface area contributed by atoms with Crippen molar-refractivity contribution in [3.8, 4) is 0 Å². The third-order valence-corrected chi connectivity index (χ3v) is 3.25. The Bertz CT molecular complexity index is 258. The van der Waals surface area contributed by atoms with Gasteiger partial charge in [0.1, 0.15) is 0 Å². The maximum Gasteiger partial charge on any atom is 0.236 e. The molecule has 0 aromatic carbocycles. The zero-order valence-corrected chi connectivity index (χ0v) is 12.0. The van der Waals surface area contributed by atoms with Gasteiger partial charge in [-0.2, -0.15) is 0 Å². The zero-order chi connectivity index (χ0) is 13.1. The lowest BCUT2D eigenvalue weighted by Gasteiger charge is -2.34. The molecule has 17 heavy (non-hydrogen) atoms. The smallest absolute Gasteiger partial charge is 0.236 e. The molecule has 0 aromatic rings. The third kappa shape index (κ3) is 4.64. The van der Waals surface area contributed by atoms with Gasteiger partial charge in [0.2, 0.25) is 5.91 Å². The first-order valence-corrected chi connectivity index (χ1v) is 6.48. The Morgan fingerprint density at radius 2 is 1.76 bits per heavy atom. The molecule has 1 rings (SSSR count). The van der Waals surface area contributed by atoms with Crippen LogP contribution in [0.3, 0.4) is 0 Å². The molecule has 4 heteroatoms. The number of likely N-dealkylation sites (N-methyl/N-ethyl adjacent to an activating group) is 1. The number of amides is 1. The van der Waals surface area contributed by atoms with E-state index in [1.165, 1.54) is 0 Å². The molecule has 0 bridgehead atoms. The molecule has 100 valence electrons. The quantitative estimate of drug-likeness (QED) is 0.718. The zero-order valence-electron chi connectivity index (χ0n) is 12.0. The van der Waals surface area contributed by atoms with Crippen LogP contribution in [0.1, 0.15) is 27.2 Å². The van der Waals surface area contributed by atoms with Crippen molar-refractivity contribution >= 4 is 5.91 Å². The van der Waals surface area contributed by atoms with Crippen LogP contribution in [0.15, 0.2) is 0 Å². The highest BCUT2D eigenvalue weighted by Crippen LogP contribution is 2.16. The van der Waals surface area contributed by atoms with Crippen molar-refractivity contribution in [1.82, 2.24) is 14.7 Å². The number of nitrogens with zero attached hydrogens (tertiary/aromatic N) is 3. The molecule has 0 N–H and O–H groups in total. The predicted octanol–water partition coefficient (Wildman–Crippen LogP) is 0.881. The first kappa shape index (κ1) is 14.5. The molecule has 0 saturated carbocycles. The lowest BCUT2D eigenvalue weighted by Crippen LogP contribution is -2.44. The molecule has 0 aliphatic carbocycles. The van der Waals surface area contributed by atoms with Crippen molar-refractivity contribution < 1.29 is 4.79 Å². The Balaban J connectivity index is 2.50. The average Bonchev–Trinajstić information content (AvgIpc) is 2.40. The van der Waals surface area contributed by atoms with Crippen molar-refractivity contribution in [1.29, 1.82) is 0 Å². The summed E-state index contributed by atoms with van der Waals surface area (Å²) in [5, 5.41) is 0. The fraction of sp³-hybridized carbons (Fsp3) is 0.923. The van der Waals surface area contributed by atoms with Gasteiger partial charge >= 0.3 is 0 Å². The van der Waals surface area contributed by atoms with Crippen LogP contribution < -0.4 is 0 Å². The molecule has 1 aliphatic heterocycles. The number of hydrogen-bond donors (Lipinski definition) is 0. The van der Waals surface area contributed by atoms with E-state index in [9.17, 15) is 4.79 Å². The highest BCUT2D eigenvalue weighted by molar-refractivity contribution is 5.78. The molecule has 0 spiro atoms. The summed E-state index contributed by atoms with van der Waals surface area (Å²) >= 11 is 0. The second-order valence-electron chi connectivity index (χ2n) is 6.13. The molecule has 1 saturated heterocycles. The fourth-order valence-corrected chi connectivity index (χ4v) is 2.21. The van der Waals surface area contributed by atoms with E-state index in [4.69, 9.17) is 0 Å². The van der Waals surface area contributed by atoms with Crippen LogP contribution in [0.25, 0.3) is 0 Å². The van der Waals surface area contributed by atoms with Gasteiger partial charge in [0.15, 0.2) is 0 Å². The first-order chi connectivity index (χ1) is 7.80. The minimum Gasteiger partial charge on any atom is -0.340 e. The summed E-state index contributed by atoms with van der Waals surface area (Å²) in [7, 11) is 3.88. The van der Waals surface area contributed by atoms with Crippen molar-refractivity contribution in [2.45, 2.75) is 32.7 Å². The van der Waals surface area contributed by atoms with Gasteiger partial charge in [0.05, 0.1) is 6.54 Å². The Morgan fingerprint density at radius 1 is 1.12 bits per heavy atom. The van der Waals surface area contributed by atoms with Crippen molar-refractivity contribution in [2.24, 2.45) is 0 Å². The van der Waals surface area contributed by atoms with E-state index in [1.807, 2.05) is 23.9 Å². The number of carbonyl (C=O) groups is 1. The number of carbonyl (C=O) groups excluding carboxylic acids is 1. The van der Waals surface area contributed by atoms with Crippen LogP contribution in [0.4, 0.5) is 0 Å². The van der Waals surface area contributed by atoms with Crippen molar-refractivity contribution in [2.75, 3.05) is 46.8 Å². The SMILES string of the molecule is CN(C)CC(=O)N1CCCN(C(C)(C)C)CC1. The summed E-state index contributed by atoms with van der Waals surface area (Å²) in [6.07, 6.45) is 1.08. The lowest BCUT2D eigenvalue weighted by atomic mass is 10.1. The molecule has 0 unspecified atom stereocenters. The average molecular weight is 241 g/mol. The van der Waals surface area contributed by atoms with Gasteiger partial charge in [-0.3, -0.25) is 9.69 Å². The Hall–Kier alpha value is -0.610. The topological polar surface area (TPSA) is 26.8 Å². The lowest BCUT2D eigenvalue weighted by molar-refractivity contribution is -0.131. The summed E-state index contributed by atoms with van der Waals surface area (Å²) in [5.41, 5.74) is 0.209. The van der Waals surface area contributed by atoms with Gasteiger partial charge in [0.25, 0.3) is 0 Å². The van der Waals surface area contributed by atoms with Gasteiger partial charge in [-0.05, 0) is 41.3 Å². The minimum absolute atomic E-state index is 0.209. The molecule has 1 amide bonds. The van der Waals surface area contributed by atoms with E-state index in [2.05, 4.69) is 25.7 Å². The second kappa shape index (κ2) is 5.83. The van der Waals surface area contributed by atoms with Gasteiger partial charge < -0.3 is 9.80 Å². The highest BCUT2D eigenvalue weighted by Gasteiger charge is 2.25. The largest absolute Gasteiger partial charge is 0.340 e. The van der Waals surface area contributed by atoms with Crippen LogP contribution >= 0.6 is 0 Å². The van der Waals surface area contributed by atoms with Crippen LogP contribution in [0.2, 0.25) is 0 Å². The molecule has 4 nitrogen and oxygen atoms in total. The van der Waals surface area contributed by atoms with E-state index in [-0.39, 0.29) is 11.4 Å². The Kier molecular flexibility index (Phi) is 4.95. The molecule has 1 fully saturated rings. The van der Waals surface area contributed by atoms with Gasteiger partial charge in [-0.1, -0.05) is 0 Å². The number of hydrogen-bond acceptors (Lipinski definition) is 3. The highest BCUT2D eigenvalue weighted by atomic mass is 16.2. The van der Waals surface area contributed by atoms with Crippen LogP contribution in [0, 0.1) is 0 Å². The molecule has 1 aliphatic rings. The molecular formula is C13H27N3O. The first-order valence-electron chi connectivity index (χ1n) is 6.48. The van der Waals surface area contributed by atoms with Crippen molar-refractivity contribution in [3.05, 3.63) is 0 Å². The van der Waals surface area contributed by atoms with E-state index < -0.39 is 0 Å². The molecule has 0 atom stereocenters. The van der Waals surface area contributed by atoms with Gasteiger partial charge in [-0.15, -0.1) is 0 Å². The van der Waals surface area contributed by atoms with Gasteiger partial charge in [-0.25, -0.2) is 0 Å². The van der Waals surface area contributed by atoms with Gasteiger partial charge in [0, 0.05) is 31.7 Å². The minimum atomic E-state index is 0.209. The molecular weight excluding hydrogens is 214 g/mol. The summed E-state index contributed by atoms with van der Waals surface area (Å²) in [5.74, 6) is 0.255. The fourth-order valence-electron chi connectivity index (χ4n) is 2.21. The van der Waals surface area contributed by atoms with E-state index >= 15 is 0 Å². The maximum absolute atomic E-state index is 12.0. The van der Waals surface area contributed by atoms with Crippen molar-refractivity contribution in [3.63, 3.8) is 0 Å². The maximum atomic E-state index is 12.0. The van der Waals surface area contributed by atoms with Crippen LogP contribution in [-0.2, 0) is 4.79 Å². The predicted molar refractivity (Wildman–Crippen MR) is 71.1 cm³/mol. The number of rotatable bonds is 2. The monoisotopic (exact) mass is 241 g/mol. The molecule has 1 heterocycles. The normalized spacial score (nSPS) is 19.5. The molecule has 0 radical (unpaired) electrons. The van der Waals surface area contributed by atoms with Crippen LogP contribution in [0.5, 0.6) is 0 Å². The third-order valence-electron chi connectivity index (χ3n) is 3.25. The summed E-state index contributed by atoms with van der Waals surface area (Å²) in [4.78, 5) is 18.4. The summed E-state index contributed by atoms with van der Waals surface area (Å²) < 4.78 is 0. The Morgan fingerprint density at radius 3 is 2.29 bits per heavy atom. The van der Waals surface area contributed by atoms with E-state index in [1.54, 1.807) is 0 Å². The summed E-state index contributed by atoms with van der Waals surface area (Å²) in [6, 6.07) is 0. The molecule has 0 aromatic heterocycles. The van der Waals surface area contributed by atoms with E-state index in [0.29, 0.717) is 6.54 Å². The standard InChI is InChI=1S/C13H27N3O/c1-13(2,3)16-8-6-7-15(9-10-16)12(17)11-14(4)5/h6-11H2,1-5H3. The summed E-state index contributed by atoms with van der Waals surface area (Å²) in [6.45, 7) is 11.1.